The minimum atomic E-state index is -1.32. The normalized spacial score (nSPS) is 24.6. The zero-order valence-corrected chi connectivity index (χ0v) is 17.6. The molecule has 2 aliphatic carbocycles. The largest absolute Gasteiger partial charge is 0.480 e. The van der Waals surface area contributed by atoms with E-state index < -0.39 is 23.9 Å². The van der Waals surface area contributed by atoms with E-state index in [1.165, 1.54) is 37.8 Å². The van der Waals surface area contributed by atoms with E-state index in [1.54, 1.807) is 6.07 Å². The first-order valence-electron chi connectivity index (χ1n) is 9.80. The van der Waals surface area contributed by atoms with Crippen LogP contribution < -0.4 is 16.0 Å². The quantitative estimate of drug-likeness (QED) is 0.520. The molecule has 0 aromatic heterocycles. The van der Waals surface area contributed by atoms with Gasteiger partial charge >= 0.3 is 12.0 Å². The van der Waals surface area contributed by atoms with Crippen LogP contribution in [-0.4, -0.2) is 41.6 Å². The highest BCUT2D eigenvalue weighted by molar-refractivity contribution is 6.39. The third-order valence-corrected chi connectivity index (χ3v) is 6.73. The van der Waals surface area contributed by atoms with Gasteiger partial charge in [0, 0.05) is 6.04 Å². The molecule has 29 heavy (non-hydrogen) atoms. The van der Waals surface area contributed by atoms with Crippen molar-refractivity contribution < 1.29 is 19.5 Å². The number of aliphatic carboxylic acids is 1. The van der Waals surface area contributed by atoms with Gasteiger partial charge in [-0.25, -0.2) is 9.59 Å². The Kier molecular flexibility index (Phi) is 6.90. The van der Waals surface area contributed by atoms with Crippen LogP contribution in [0.5, 0.6) is 0 Å². The molecule has 0 radical (unpaired) electrons. The number of carboxylic acid groups (broad SMARTS) is 1. The number of amides is 3. The first-order chi connectivity index (χ1) is 13.8. The van der Waals surface area contributed by atoms with Crippen LogP contribution >= 0.6 is 23.2 Å². The summed E-state index contributed by atoms with van der Waals surface area (Å²) in [5.41, 5.74) is -0.00290. The second-order valence-electron chi connectivity index (χ2n) is 7.86. The molecule has 2 fully saturated rings. The molecule has 4 N–H and O–H groups in total. The predicted octanol–water partition coefficient (Wildman–Crippen LogP) is 3.30. The number of nitrogens with one attached hydrogen (secondary N) is 3. The molecule has 0 saturated heterocycles. The third-order valence-electron chi connectivity index (χ3n) is 6.10. The lowest BCUT2D eigenvalue weighted by molar-refractivity contribution is -0.139. The van der Waals surface area contributed by atoms with Gasteiger partial charge in [0.15, 0.2) is 0 Å². The summed E-state index contributed by atoms with van der Waals surface area (Å²) in [4.78, 5) is 36.2. The maximum Gasteiger partial charge on any atom is 0.328 e. The molecule has 3 amide bonds. The lowest BCUT2D eigenvalue weighted by Crippen LogP contribution is -2.52. The highest BCUT2D eigenvalue weighted by Gasteiger charge is 2.44. The van der Waals surface area contributed by atoms with E-state index in [-0.39, 0.29) is 28.2 Å². The van der Waals surface area contributed by atoms with Crippen LogP contribution in [0.15, 0.2) is 18.2 Å². The predicted molar refractivity (Wildman–Crippen MR) is 110 cm³/mol. The van der Waals surface area contributed by atoms with Crippen LogP contribution in [-0.2, 0) is 4.79 Å². The van der Waals surface area contributed by atoms with Crippen molar-refractivity contribution >= 4 is 41.1 Å². The Bertz CT molecular complexity index is 764. The van der Waals surface area contributed by atoms with Crippen molar-refractivity contribution in [2.45, 2.75) is 44.7 Å². The maximum atomic E-state index is 12.4. The van der Waals surface area contributed by atoms with E-state index >= 15 is 0 Å². The Morgan fingerprint density at radius 1 is 1.07 bits per heavy atom. The van der Waals surface area contributed by atoms with Crippen molar-refractivity contribution in [1.82, 2.24) is 16.0 Å². The van der Waals surface area contributed by atoms with Gasteiger partial charge in [-0.05, 0) is 62.5 Å². The average Bonchev–Trinajstić information content (AvgIpc) is 3.25. The van der Waals surface area contributed by atoms with Crippen molar-refractivity contribution in [1.29, 1.82) is 0 Å². The minimum Gasteiger partial charge on any atom is -0.480 e. The number of rotatable bonds is 7. The third kappa shape index (κ3) is 4.95. The molecule has 0 heterocycles. The molecular formula is C20H25Cl2N3O4. The Morgan fingerprint density at radius 3 is 2.14 bits per heavy atom. The van der Waals surface area contributed by atoms with Gasteiger partial charge in [-0.1, -0.05) is 29.3 Å². The van der Waals surface area contributed by atoms with Crippen molar-refractivity contribution in [2.24, 2.45) is 17.8 Å². The van der Waals surface area contributed by atoms with Crippen molar-refractivity contribution in [3.63, 3.8) is 0 Å². The SMILES string of the molecule is CC(NC(=O)NC[C@H](NC(=O)c1c(Cl)cccc1Cl)C(=O)O)C1C2CCC1CC2. The van der Waals surface area contributed by atoms with Crippen LogP contribution in [0.3, 0.4) is 0 Å². The van der Waals surface area contributed by atoms with E-state index in [9.17, 15) is 19.5 Å². The van der Waals surface area contributed by atoms with Gasteiger partial charge in [-0.2, -0.15) is 0 Å². The molecule has 158 valence electrons. The summed E-state index contributed by atoms with van der Waals surface area (Å²) in [6.07, 6.45) is 4.89. The summed E-state index contributed by atoms with van der Waals surface area (Å²) < 4.78 is 0. The molecule has 1 unspecified atom stereocenters. The van der Waals surface area contributed by atoms with Crippen LogP contribution in [0.25, 0.3) is 0 Å². The van der Waals surface area contributed by atoms with Crippen molar-refractivity contribution in [2.75, 3.05) is 6.54 Å². The monoisotopic (exact) mass is 441 g/mol. The van der Waals surface area contributed by atoms with Gasteiger partial charge in [-0.3, -0.25) is 4.79 Å². The fraction of sp³-hybridized carbons (Fsp3) is 0.550. The second kappa shape index (κ2) is 9.22. The first-order valence-corrected chi connectivity index (χ1v) is 10.6. The standard InChI is InChI=1S/C20H25Cl2N3O4/c1-10(16-11-5-6-12(16)8-7-11)24-20(29)23-9-15(19(27)28)25-18(26)17-13(21)3-2-4-14(17)22/h2-4,10-12,15-16H,5-9H2,1H3,(H,25,26)(H,27,28)(H2,23,24,29)/t10?,11?,12?,15-,16?/m0/s1. The van der Waals surface area contributed by atoms with E-state index in [4.69, 9.17) is 23.2 Å². The van der Waals surface area contributed by atoms with Crippen LogP contribution in [0.1, 0.15) is 43.0 Å². The Hall–Kier alpha value is -1.99. The van der Waals surface area contributed by atoms with Crippen molar-refractivity contribution in [3.05, 3.63) is 33.8 Å². The highest BCUT2D eigenvalue weighted by Crippen LogP contribution is 2.50. The van der Waals surface area contributed by atoms with Crippen LogP contribution in [0.4, 0.5) is 4.79 Å². The molecule has 3 rings (SSSR count). The maximum absolute atomic E-state index is 12.4. The number of benzene rings is 1. The van der Waals surface area contributed by atoms with Gasteiger partial charge in [0.05, 0.1) is 22.2 Å². The molecule has 1 aromatic carbocycles. The molecule has 2 atom stereocenters. The molecular weight excluding hydrogens is 417 g/mol. The highest BCUT2D eigenvalue weighted by atomic mass is 35.5. The van der Waals surface area contributed by atoms with Gasteiger partial charge in [0.2, 0.25) is 0 Å². The topological polar surface area (TPSA) is 108 Å². The van der Waals surface area contributed by atoms with Crippen LogP contribution in [0, 0.1) is 17.8 Å². The Labute approximate surface area is 179 Å². The first kappa shape index (κ1) is 21.7. The summed E-state index contributed by atoms with van der Waals surface area (Å²) in [6, 6.07) is 2.82. The van der Waals surface area contributed by atoms with E-state index in [0.717, 1.165) is 0 Å². The van der Waals surface area contributed by atoms with Gasteiger partial charge in [-0.15, -0.1) is 0 Å². The van der Waals surface area contributed by atoms with Crippen molar-refractivity contribution in [3.8, 4) is 0 Å². The molecule has 0 spiro atoms. The zero-order chi connectivity index (χ0) is 21.1. The fourth-order valence-electron chi connectivity index (χ4n) is 4.81. The molecule has 0 aliphatic heterocycles. The number of urea groups is 1. The number of hydrogen-bond acceptors (Lipinski definition) is 3. The molecule has 2 aliphatic rings. The summed E-state index contributed by atoms with van der Waals surface area (Å²) in [6.45, 7) is 1.73. The van der Waals surface area contributed by atoms with E-state index in [2.05, 4.69) is 16.0 Å². The summed E-state index contributed by atoms with van der Waals surface area (Å²) in [7, 11) is 0. The lowest BCUT2D eigenvalue weighted by Gasteiger charge is -2.25. The molecule has 2 saturated carbocycles. The van der Waals surface area contributed by atoms with E-state index in [0.29, 0.717) is 17.8 Å². The number of fused-ring (bicyclic) bond motifs is 2. The Balaban J connectivity index is 1.53. The van der Waals surface area contributed by atoms with Gasteiger partial charge < -0.3 is 21.1 Å². The number of hydrogen-bond donors (Lipinski definition) is 4. The van der Waals surface area contributed by atoms with E-state index in [1.807, 2.05) is 6.92 Å². The van der Waals surface area contributed by atoms with Crippen LogP contribution in [0.2, 0.25) is 10.0 Å². The summed E-state index contributed by atoms with van der Waals surface area (Å²) in [5, 5.41) is 17.4. The minimum absolute atomic E-state index is 0.00290. The number of carbonyl (C=O) groups excluding carboxylic acids is 2. The molecule has 1 aromatic rings. The smallest absolute Gasteiger partial charge is 0.328 e. The Morgan fingerprint density at radius 2 is 1.62 bits per heavy atom. The summed E-state index contributed by atoms with van der Waals surface area (Å²) >= 11 is 12.0. The number of carbonyl (C=O) groups is 3. The lowest BCUT2D eigenvalue weighted by atomic mass is 9.90. The second-order valence-corrected chi connectivity index (χ2v) is 8.67. The molecule has 7 nitrogen and oxygen atoms in total. The number of halogens is 2. The summed E-state index contributed by atoms with van der Waals surface area (Å²) in [5.74, 6) is -0.170. The number of carboxylic acids is 1. The molecule has 2 bridgehead atoms. The zero-order valence-electron chi connectivity index (χ0n) is 16.1. The molecule has 9 heteroatoms. The average molecular weight is 442 g/mol. The van der Waals surface area contributed by atoms with Gasteiger partial charge in [0.1, 0.15) is 6.04 Å². The fourth-order valence-corrected chi connectivity index (χ4v) is 5.38. The van der Waals surface area contributed by atoms with Gasteiger partial charge in [0.25, 0.3) is 5.91 Å².